The van der Waals surface area contributed by atoms with Gasteiger partial charge in [0, 0.05) is 23.1 Å². The lowest BCUT2D eigenvalue weighted by molar-refractivity contribution is -0.117. The van der Waals surface area contributed by atoms with Crippen molar-refractivity contribution in [2.24, 2.45) is 5.92 Å². The van der Waals surface area contributed by atoms with Crippen molar-refractivity contribution in [2.45, 2.75) is 39.8 Å². The molecule has 2 aromatic carbocycles. The zero-order valence-electron chi connectivity index (χ0n) is 20.1. The summed E-state index contributed by atoms with van der Waals surface area (Å²) in [7, 11) is 0. The molecule has 35 heavy (non-hydrogen) atoms. The van der Waals surface area contributed by atoms with Crippen LogP contribution in [0.5, 0.6) is 11.5 Å². The first-order valence-electron chi connectivity index (χ1n) is 11.7. The number of hydrogen-bond acceptors (Lipinski definition) is 4. The molecule has 1 amide bonds. The molecule has 1 N–H and O–H groups in total. The van der Waals surface area contributed by atoms with E-state index >= 15 is 0 Å². The van der Waals surface area contributed by atoms with Crippen LogP contribution in [0, 0.1) is 12.8 Å². The summed E-state index contributed by atoms with van der Waals surface area (Å²) >= 11 is 12.6. The van der Waals surface area contributed by atoms with E-state index in [-0.39, 0.29) is 17.9 Å². The average Bonchev–Trinajstić information content (AvgIpc) is 2.98. The predicted molar refractivity (Wildman–Crippen MR) is 139 cm³/mol. The molecule has 184 valence electrons. The van der Waals surface area contributed by atoms with Crippen LogP contribution in [0.1, 0.15) is 48.7 Å². The minimum Gasteiger partial charge on any atom is -0.490 e. The first-order chi connectivity index (χ1) is 16.8. The van der Waals surface area contributed by atoms with Gasteiger partial charge in [-0.25, -0.2) is 4.68 Å². The van der Waals surface area contributed by atoms with E-state index < -0.39 is 0 Å². The van der Waals surface area contributed by atoms with Crippen molar-refractivity contribution in [3.63, 3.8) is 0 Å². The van der Waals surface area contributed by atoms with Crippen LogP contribution in [0.2, 0.25) is 10.2 Å². The maximum absolute atomic E-state index is 12.9. The Bertz CT molecular complexity index is 1220. The highest BCUT2D eigenvalue weighted by Crippen LogP contribution is 2.34. The van der Waals surface area contributed by atoms with Crippen molar-refractivity contribution in [3.8, 4) is 11.5 Å². The second kappa shape index (κ2) is 11.2. The van der Waals surface area contributed by atoms with Gasteiger partial charge in [0.2, 0.25) is 5.91 Å². The fourth-order valence-corrected chi connectivity index (χ4v) is 4.42. The zero-order chi connectivity index (χ0) is 24.9. The second-order valence-corrected chi connectivity index (χ2v) is 9.69. The lowest BCUT2D eigenvalue weighted by Gasteiger charge is -2.23. The molecule has 0 radical (unpaired) electrons. The molecule has 0 saturated carbocycles. The molecule has 6 nitrogen and oxygen atoms in total. The molecule has 1 aliphatic heterocycles. The average molecular weight is 514 g/mol. The fraction of sp³-hybridized carbons (Fsp3) is 0.333. The summed E-state index contributed by atoms with van der Waals surface area (Å²) in [6, 6.07) is 13.2. The molecule has 0 bridgehead atoms. The largest absolute Gasteiger partial charge is 0.490 e. The number of benzene rings is 2. The van der Waals surface area contributed by atoms with Gasteiger partial charge in [0.15, 0.2) is 11.5 Å². The monoisotopic (exact) mass is 513 g/mol. The first kappa shape index (κ1) is 25.1. The number of aryl methyl sites for hydroxylation is 1. The van der Waals surface area contributed by atoms with E-state index in [4.69, 9.17) is 32.7 Å². The van der Waals surface area contributed by atoms with Crippen LogP contribution < -0.4 is 14.8 Å². The Morgan fingerprint density at radius 2 is 1.83 bits per heavy atom. The van der Waals surface area contributed by atoms with E-state index in [1.54, 1.807) is 10.8 Å². The summed E-state index contributed by atoms with van der Waals surface area (Å²) < 4.78 is 13.3. The summed E-state index contributed by atoms with van der Waals surface area (Å²) in [6.07, 6.45) is 4.06. The summed E-state index contributed by atoms with van der Waals surface area (Å²) in [6.45, 7) is 7.77. The van der Waals surface area contributed by atoms with Crippen LogP contribution in [-0.2, 0) is 11.3 Å². The Morgan fingerprint density at radius 1 is 1.11 bits per heavy atom. The van der Waals surface area contributed by atoms with E-state index in [0.29, 0.717) is 41.2 Å². The highest BCUT2D eigenvalue weighted by atomic mass is 35.5. The highest BCUT2D eigenvalue weighted by Gasteiger charge is 2.21. The van der Waals surface area contributed by atoms with Crippen molar-refractivity contribution in [3.05, 3.63) is 81.1 Å². The van der Waals surface area contributed by atoms with Gasteiger partial charge in [-0.2, -0.15) is 5.10 Å². The Balaban J connectivity index is 1.47. The number of amides is 1. The van der Waals surface area contributed by atoms with E-state index in [9.17, 15) is 4.79 Å². The highest BCUT2D eigenvalue weighted by molar-refractivity contribution is 6.31. The van der Waals surface area contributed by atoms with Crippen molar-refractivity contribution < 1.29 is 14.3 Å². The number of rotatable bonds is 7. The Morgan fingerprint density at radius 3 is 2.54 bits per heavy atom. The van der Waals surface area contributed by atoms with Crippen molar-refractivity contribution in [1.82, 2.24) is 15.1 Å². The van der Waals surface area contributed by atoms with Gasteiger partial charge in [0.1, 0.15) is 5.15 Å². The third-order valence-corrected chi connectivity index (χ3v) is 6.50. The molecule has 0 aliphatic carbocycles. The number of carbonyl (C=O) groups excluding carboxylic acids is 1. The smallest absolute Gasteiger partial charge is 0.244 e. The first-order valence-corrected chi connectivity index (χ1v) is 12.4. The maximum atomic E-state index is 12.9. The molecule has 0 fully saturated rings. The lowest BCUT2D eigenvalue weighted by atomic mass is 9.95. The maximum Gasteiger partial charge on any atom is 0.244 e. The molecular formula is C27H29Cl2N3O3. The number of carbonyl (C=O) groups is 1. The topological polar surface area (TPSA) is 65.4 Å². The Labute approximate surface area is 215 Å². The van der Waals surface area contributed by atoms with Gasteiger partial charge >= 0.3 is 0 Å². The number of nitrogens with zero attached hydrogens (tertiary/aromatic N) is 2. The normalized spacial score (nSPS) is 14.2. The van der Waals surface area contributed by atoms with Crippen LogP contribution in [0.4, 0.5) is 0 Å². The molecule has 3 aromatic rings. The van der Waals surface area contributed by atoms with Crippen molar-refractivity contribution in [1.29, 1.82) is 0 Å². The molecular weight excluding hydrogens is 485 g/mol. The second-order valence-electron chi connectivity index (χ2n) is 8.89. The van der Waals surface area contributed by atoms with Crippen LogP contribution >= 0.6 is 23.2 Å². The summed E-state index contributed by atoms with van der Waals surface area (Å²) in [4.78, 5) is 12.9. The van der Waals surface area contributed by atoms with Gasteiger partial charge in [-0.3, -0.25) is 4.79 Å². The van der Waals surface area contributed by atoms with E-state index in [0.717, 1.165) is 29.0 Å². The molecule has 4 rings (SSSR count). The number of halogens is 2. The van der Waals surface area contributed by atoms with Crippen molar-refractivity contribution >= 4 is 35.2 Å². The molecule has 1 unspecified atom stereocenters. The standard InChI is InChI=1S/C27H29Cl2N3O3/c1-17(2)26(20-7-11-23-24(15-20)35-14-4-13-34-23)30-25(33)12-10-22-18(3)31-32(27(22)29)16-19-5-8-21(28)9-6-19/h5-12,15,17,26H,4,13-14,16H2,1-3H3,(H,30,33)/b12-10+. The van der Waals surface area contributed by atoms with Gasteiger partial charge < -0.3 is 14.8 Å². The van der Waals surface area contributed by atoms with Gasteiger partial charge in [-0.05, 0) is 54.3 Å². The van der Waals surface area contributed by atoms with Crippen molar-refractivity contribution in [2.75, 3.05) is 13.2 Å². The van der Waals surface area contributed by atoms with E-state index in [2.05, 4.69) is 24.3 Å². The molecule has 2 heterocycles. The van der Waals surface area contributed by atoms with Crippen LogP contribution in [0.25, 0.3) is 6.08 Å². The minimum atomic E-state index is -0.211. The minimum absolute atomic E-state index is 0.171. The number of ether oxygens (including phenoxy) is 2. The van der Waals surface area contributed by atoms with Crippen LogP contribution in [0.3, 0.4) is 0 Å². The predicted octanol–water partition coefficient (Wildman–Crippen LogP) is 6.23. The molecule has 8 heteroatoms. The number of aromatic nitrogens is 2. The molecule has 0 spiro atoms. The Kier molecular flexibility index (Phi) is 8.04. The Hall–Kier alpha value is -2.96. The summed E-state index contributed by atoms with van der Waals surface area (Å²) in [5.41, 5.74) is 3.46. The quantitative estimate of drug-likeness (QED) is 0.380. The van der Waals surface area contributed by atoms with Gasteiger partial charge in [0.25, 0.3) is 0 Å². The van der Waals surface area contributed by atoms with E-state index in [1.165, 1.54) is 6.08 Å². The third-order valence-electron chi connectivity index (χ3n) is 5.85. The van der Waals surface area contributed by atoms with E-state index in [1.807, 2.05) is 49.4 Å². The van der Waals surface area contributed by atoms with Crippen LogP contribution in [0.15, 0.2) is 48.5 Å². The molecule has 1 atom stereocenters. The number of fused-ring (bicyclic) bond motifs is 1. The van der Waals surface area contributed by atoms with Gasteiger partial charge in [-0.1, -0.05) is 55.2 Å². The van der Waals surface area contributed by atoms with Crippen LogP contribution in [-0.4, -0.2) is 28.9 Å². The van der Waals surface area contributed by atoms with Gasteiger partial charge in [-0.15, -0.1) is 0 Å². The lowest BCUT2D eigenvalue weighted by Crippen LogP contribution is -2.30. The fourth-order valence-electron chi connectivity index (χ4n) is 3.99. The summed E-state index contributed by atoms with van der Waals surface area (Å²) in [5.74, 6) is 1.41. The molecule has 1 aliphatic rings. The SMILES string of the molecule is Cc1nn(Cc2ccc(Cl)cc2)c(Cl)c1/C=C/C(=O)NC(c1ccc2c(c1)OCCCO2)C(C)C. The number of nitrogens with one attached hydrogen (secondary N) is 1. The zero-order valence-corrected chi connectivity index (χ0v) is 21.6. The molecule has 0 saturated heterocycles. The van der Waals surface area contributed by atoms with Gasteiger partial charge in [0.05, 0.1) is 31.5 Å². The summed E-state index contributed by atoms with van der Waals surface area (Å²) in [5, 5.41) is 8.80. The molecule has 1 aromatic heterocycles. The number of hydrogen-bond donors (Lipinski definition) is 1. The third kappa shape index (κ3) is 6.19.